The van der Waals surface area contributed by atoms with Gasteiger partial charge >= 0.3 is 6.03 Å². The molecule has 7 heteroatoms. The molecule has 3 rings (SSSR count). The van der Waals surface area contributed by atoms with Gasteiger partial charge < -0.3 is 10.6 Å². The molecule has 2 aromatic carbocycles. The summed E-state index contributed by atoms with van der Waals surface area (Å²) in [6.45, 7) is 0.595. The van der Waals surface area contributed by atoms with Crippen LogP contribution < -0.4 is 10.6 Å². The van der Waals surface area contributed by atoms with E-state index in [-0.39, 0.29) is 6.03 Å². The number of carbonyl (C=O) groups is 1. The third-order valence-electron chi connectivity index (χ3n) is 3.25. The summed E-state index contributed by atoms with van der Waals surface area (Å²) in [7, 11) is 0. The number of anilines is 2. The van der Waals surface area contributed by atoms with E-state index in [1.54, 1.807) is 41.3 Å². The highest BCUT2D eigenvalue weighted by molar-refractivity contribution is 6.30. The van der Waals surface area contributed by atoms with E-state index in [2.05, 4.69) is 15.7 Å². The first-order chi connectivity index (χ1) is 11.6. The van der Waals surface area contributed by atoms with Crippen LogP contribution in [0.5, 0.6) is 0 Å². The predicted octanol–water partition coefficient (Wildman–Crippen LogP) is 4.88. The van der Waals surface area contributed by atoms with Gasteiger partial charge in [0.2, 0.25) is 0 Å². The predicted molar refractivity (Wildman–Crippen MR) is 96.9 cm³/mol. The maximum atomic E-state index is 12.0. The number of urea groups is 1. The van der Waals surface area contributed by atoms with Crippen LogP contribution in [0.4, 0.5) is 16.2 Å². The summed E-state index contributed by atoms with van der Waals surface area (Å²) in [5, 5.41) is 11.0. The topological polar surface area (TPSA) is 59.0 Å². The Morgan fingerprint density at radius 2 is 1.50 bits per heavy atom. The van der Waals surface area contributed by atoms with Gasteiger partial charge in [-0.3, -0.25) is 4.68 Å². The van der Waals surface area contributed by atoms with Gasteiger partial charge in [0.25, 0.3) is 0 Å². The molecule has 0 saturated carbocycles. The van der Waals surface area contributed by atoms with Crippen molar-refractivity contribution < 1.29 is 4.79 Å². The number of halogens is 2. The third-order valence-corrected chi connectivity index (χ3v) is 3.75. The Labute approximate surface area is 149 Å². The lowest BCUT2D eigenvalue weighted by atomic mass is 10.2. The Hall–Kier alpha value is -2.50. The second kappa shape index (κ2) is 7.38. The molecule has 1 heterocycles. The maximum Gasteiger partial charge on any atom is 0.323 e. The largest absolute Gasteiger partial charge is 0.323 e. The van der Waals surface area contributed by atoms with Crippen molar-refractivity contribution in [1.29, 1.82) is 0 Å². The normalized spacial score (nSPS) is 10.4. The number of rotatable bonds is 4. The quantitative estimate of drug-likeness (QED) is 0.696. The van der Waals surface area contributed by atoms with Gasteiger partial charge in [0.1, 0.15) is 0 Å². The number of benzene rings is 2. The van der Waals surface area contributed by atoms with E-state index in [9.17, 15) is 4.79 Å². The Bertz CT molecular complexity index is 829. The number of amides is 2. The molecule has 0 atom stereocenters. The fourth-order valence-corrected chi connectivity index (χ4v) is 2.37. The van der Waals surface area contributed by atoms with Gasteiger partial charge in [-0.1, -0.05) is 35.3 Å². The van der Waals surface area contributed by atoms with Crippen LogP contribution >= 0.6 is 23.2 Å². The SMILES string of the molecule is O=C(Nc1ccc(Cl)cc1)Nc1cnn(Cc2ccc(Cl)cc2)c1. The molecular weight excluding hydrogens is 347 g/mol. The molecule has 2 amide bonds. The first-order valence-corrected chi connectivity index (χ1v) is 7.94. The van der Waals surface area contributed by atoms with Crippen LogP contribution in [0.25, 0.3) is 0 Å². The number of carbonyl (C=O) groups excluding carboxylic acids is 1. The number of aromatic nitrogens is 2. The van der Waals surface area contributed by atoms with Crippen molar-refractivity contribution >= 4 is 40.6 Å². The van der Waals surface area contributed by atoms with Crippen molar-refractivity contribution in [2.24, 2.45) is 0 Å². The van der Waals surface area contributed by atoms with Gasteiger partial charge in [0.05, 0.1) is 18.4 Å². The van der Waals surface area contributed by atoms with Crippen molar-refractivity contribution in [1.82, 2.24) is 9.78 Å². The van der Waals surface area contributed by atoms with Crippen molar-refractivity contribution in [3.8, 4) is 0 Å². The molecule has 3 aromatic rings. The first kappa shape index (κ1) is 16.4. The zero-order valence-electron chi connectivity index (χ0n) is 12.5. The Morgan fingerprint density at radius 3 is 2.17 bits per heavy atom. The van der Waals surface area contributed by atoms with Crippen LogP contribution in [-0.4, -0.2) is 15.8 Å². The lowest BCUT2D eigenvalue weighted by Crippen LogP contribution is -2.19. The lowest BCUT2D eigenvalue weighted by Gasteiger charge is -2.06. The summed E-state index contributed by atoms with van der Waals surface area (Å²) in [5.41, 5.74) is 2.33. The molecule has 0 aliphatic heterocycles. The molecule has 0 unspecified atom stereocenters. The summed E-state index contributed by atoms with van der Waals surface area (Å²) in [6.07, 6.45) is 3.35. The van der Waals surface area contributed by atoms with Crippen molar-refractivity contribution in [3.63, 3.8) is 0 Å². The monoisotopic (exact) mass is 360 g/mol. The standard InChI is InChI=1S/C17H14Cl2N4O/c18-13-3-1-12(2-4-13)10-23-11-16(9-20-23)22-17(24)21-15-7-5-14(19)6-8-15/h1-9,11H,10H2,(H2,21,22,24). The Morgan fingerprint density at radius 1 is 0.917 bits per heavy atom. The average Bonchev–Trinajstić information content (AvgIpc) is 2.99. The lowest BCUT2D eigenvalue weighted by molar-refractivity contribution is 0.262. The molecule has 0 bridgehead atoms. The zero-order valence-corrected chi connectivity index (χ0v) is 14.1. The summed E-state index contributed by atoms with van der Waals surface area (Å²) in [4.78, 5) is 12.0. The minimum atomic E-state index is -0.344. The van der Waals surface area contributed by atoms with Gasteiger partial charge in [0.15, 0.2) is 0 Å². The maximum absolute atomic E-state index is 12.0. The highest BCUT2D eigenvalue weighted by atomic mass is 35.5. The van der Waals surface area contributed by atoms with Crippen LogP contribution in [0.2, 0.25) is 10.0 Å². The van der Waals surface area contributed by atoms with Crippen LogP contribution in [0.1, 0.15) is 5.56 Å². The molecule has 0 spiro atoms. The van der Waals surface area contributed by atoms with Gasteiger partial charge in [-0.25, -0.2) is 4.79 Å². The highest BCUT2D eigenvalue weighted by Gasteiger charge is 2.05. The molecule has 1 aromatic heterocycles. The number of nitrogens with zero attached hydrogens (tertiary/aromatic N) is 2. The van der Waals surface area contributed by atoms with Gasteiger partial charge in [-0.05, 0) is 42.0 Å². The summed E-state index contributed by atoms with van der Waals surface area (Å²) in [5.74, 6) is 0. The van der Waals surface area contributed by atoms with E-state index in [1.165, 1.54) is 0 Å². The average molecular weight is 361 g/mol. The summed E-state index contributed by atoms with van der Waals surface area (Å²) < 4.78 is 1.74. The summed E-state index contributed by atoms with van der Waals surface area (Å²) >= 11 is 11.7. The number of hydrogen-bond acceptors (Lipinski definition) is 2. The molecule has 0 aliphatic rings. The molecule has 0 saturated heterocycles. The van der Waals surface area contributed by atoms with Crippen molar-refractivity contribution in [2.45, 2.75) is 6.54 Å². The van der Waals surface area contributed by atoms with Gasteiger partial charge in [0, 0.05) is 21.9 Å². The van der Waals surface area contributed by atoms with Crippen molar-refractivity contribution in [2.75, 3.05) is 10.6 Å². The number of hydrogen-bond donors (Lipinski definition) is 2. The zero-order chi connectivity index (χ0) is 16.9. The Kier molecular flexibility index (Phi) is 5.03. The fraction of sp³-hybridized carbons (Fsp3) is 0.0588. The van der Waals surface area contributed by atoms with E-state index in [0.717, 1.165) is 5.56 Å². The van der Waals surface area contributed by atoms with Crippen LogP contribution in [0.15, 0.2) is 60.9 Å². The van der Waals surface area contributed by atoms with E-state index in [1.807, 2.05) is 24.3 Å². The molecule has 0 fully saturated rings. The second-order valence-electron chi connectivity index (χ2n) is 5.14. The molecule has 24 heavy (non-hydrogen) atoms. The van der Waals surface area contributed by atoms with E-state index in [0.29, 0.717) is 28.0 Å². The minimum absolute atomic E-state index is 0.344. The Balaban J connectivity index is 1.58. The highest BCUT2D eigenvalue weighted by Crippen LogP contribution is 2.15. The van der Waals surface area contributed by atoms with Crippen LogP contribution in [0, 0.1) is 0 Å². The van der Waals surface area contributed by atoms with Crippen LogP contribution in [0.3, 0.4) is 0 Å². The van der Waals surface area contributed by atoms with Gasteiger partial charge in [-0.2, -0.15) is 5.10 Å². The molecule has 2 N–H and O–H groups in total. The van der Waals surface area contributed by atoms with E-state index >= 15 is 0 Å². The summed E-state index contributed by atoms with van der Waals surface area (Å²) in [6, 6.07) is 14.1. The third kappa shape index (κ3) is 4.50. The molecular formula is C17H14Cl2N4O. The first-order valence-electron chi connectivity index (χ1n) is 7.19. The minimum Gasteiger partial charge on any atom is -0.308 e. The van der Waals surface area contributed by atoms with Crippen molar-refractivity contribution in [3.05, 3.63) is 76.5 Å². The fourth-order valence-electron chi connectivity index (χ4n) is 2.12. The second-order valence-corrected chi connectivity index (χ2v) is 6.01. The van der Waals surface area contributed by atoms with Crippen LogP contribution in [-0.2, 0) is 6.54 Å². The molecule has 0 radical (unpaired) electrons. The molecule has 0 aliphatic carbocycles. The molecule has 122 valence electrons. The van der Waals surface area contributed by atoms with E-state index < -0.39 is 0 Å². The van der Waals surface area contributed by atoms with E-state index in [4.69, 9.17) is 23.2 Å². The smallest absolute Gasteiger partial charge is 0.308 e. The molecule has 5 nitrogen and oxygen atoms in total. The number of nitrogens with one attached hydrogen (secondary N) is 2. The van der Waals surface area contributed by atoms with Gasteiger partial charge in [-0.15, -0.1) is 0 Å².